The lowest BCUT2D eigenvalue weighted by atomic mass is 10.2. The Hall–Kier alpha value is -2.21. The molecule has 0 aliphatic heterocycles. The van der Waals surface area contributed by atoms with Crippen LogP contribution < -0.4 is 0 Å². The van der Waals surface area contributed by atoms with E-state index in [2.05, 4.69) is 4.98 Å². The number of imidazole rings is 1. The topological polar surface area (TPSA) is 54.6 Å². The number of carboxylic acid groups (broad SMARTS) is 1. The van der Waals surface area contributed by atoms with Crippen molar-refractivity contribution < 1.29 is 14.3 Å². The number of nitrogens with zero attached hydrogens (tertiary/aromatic N) is 2. The zero-order chi connectivity index (χ0) is 12.7. The maximum atomic E-state index is 13.1. The van der Waals surface area contributed by atoms with Crippen molar-refractivity contribution in [2.45, 2.75) is 0 Å². The second-order valence-electron chi connectivity index (χ2n) is 3.72. The highest BCUT2D eigenvalue weighted by Crippen LogP contribution is 2.24. The molecule has 1 aromatic carbocycles. The van der Waals surface area contributed by atoms with E-state index in [4.69, 9.17) is 5.11 Å². The average Bonchev–Trinajstić information content (AvgIpc) is 2.87. The Bertz CT molecular complexity index is 747. The Kier molecular flexibility index (Phi) is 2.38. The minimum atomic E-state index is -1.01. The first-order chi connectivity index (χ1) is 8.65. The molecule has 0 atom stereocenters. The van der Waals surface area contributed by atoms with Crippen molar-refractivity contribution in [2.24, 2.45) is 0 Å². The SMILES string of the molecule is O=C(O)c1csc2nc(-c3cccc(F)c3)cn12. The summed E-state index contributed by atoms with van der Waals surface area (Å²) in [6, 6.07) is 6.05. The van der Waals surface area contributed by atoms with Crippen molar-refractivity contribution >= 4 is 22.3 Å². The summed E-state index contributed by atoms with van der Waals surface area (Å²) in [7, 11) is 0. The lowest BCUT2D eigenvalue weighted by Gasteiger charge is -1.95. The Morgan fingerprint density at radius 1 is 1.44 bits per heavy atom. The summed E-state index contributed by atoms with van der Waals surface area (Å²) in [6.45, 7) is 0. The summed E-state index contributed by atoms with van der Waals surface area (Å²) < 4.78 is 14.6. The Morgan fingerprint density at radius 3 is 3.00 bits per heavy atom. The molecule has 0 aliphatic carbocycles. The molecular weight excluding hydrogens is 255 g/mol. The molecule has 3 rings (SSSR count). The van der Waals surface area contributed by atoms with Gasteiger partial charge < -0.3 is 5.11 Å². The number of halogens is 1. The number of aromatic carboxylic acids is 1. The Labute approximate surface area is 105 Å². The van der Waals surface area contributed by atoms with Crippen LogP contribution in [0.3, 0.4) is 0 Å². The van der Waals surface area contributed by atoms with Crippen LogP contribution in [0.5, 0.6) is 0 Å². The Balaban J connectivity index is 2.17. The van der Waals surface area contributed by atoms with E-state index in [9.17, 15) is 9.18 Å². The van der Waals surface area contributed by atoms with Gasteiger partial charge >= 0.3 is 5.97 Å². The molecular formula is C12H7FN2O2S. The van der Waals surface area contributed by atoms with Crippen LogP contribution in [0, 0.1) is 5.82 Å². The van der Waals surface area contributed by atoms with Crippen LogP contribution in [0.2, 0.25) is 0 Å². The summed E-state index contributed by atoms with van der Waals surface area (Å²) in [5, 5.41) is 10.5. The molecule has 18 heavy (non-hydrogen) atoms. The second-order valence-corrected chi connectivity index (χ2v) is 4.55. The Morgan fingerprint density at radius 2 is 2.28 bits per heavy atom. The first-order valence-electron chi connectivity index (χ1n) is 5.11. The molecule has 2 aromatic heterocycles. The van der Waals surface area contributed by atoms with Gasteiger partial charge in [0.05, 0.1) is 5.69 Å². The summed E-state index contributed by atoms with van der Waals surface area (Å²) in [5.74, 6) is -1.35. The molecule has 0 unspecified atom stereocenters. The lowest BCUT2D eigenvalue weighted by Crippen LogP contribution is -1.99. The van der Waals surface area contributed by atoms with Gasteiger partial charge in [0.1, 0.15) is 11.5 Å². The lowest BCUT2D eigenvalue weighted by molar-refractivity contribution is 0.0689. The summed E-state index contributed by atoms with van der Waals surface area (Å²) in [5.41, 5.74) is 1.34. The van der Waals surface area contributed by atoms with Gasteiger partial charge in [0.15, 0.2) is 4.96 Å². The monoisotopic (exact) mass is 262 g/mol. The molecule has 90 valence electrons. The fourth-order valence-corrected chi connectivity index (χ4v) is 2.57. The molecule has 0 bridgehead atoms. The van der Waals surface area contributed by atoms with Crippen molar-refractivity contribution in [3.8, 4) is 11.3 Å². The quantitative estimate of drug-likeness (QED) is 0.772. The molecule has 6 heteroatoms. The standard InChI is InChI=1S/C12H7FN2O2S/c13-8-3-1-2-7(4-8)9-5-15-10(11(16)17)6-18-12(15)14-9/h1-6H,(H,16,17). The van der Waals surface area contributed by atoms with Crippen LogP contribution in [-0.2, 0) is 0 Å². The normalized spacial score (nSPS) is 10.9. The number of fused-ring (bicyclic) bond motifs is 1. The van der Waals surface area contributed by atoms with Crippen LogP contribution in [0.4, 0.5) is 4.39 Å². The van der Waals surface area contributed by atoms with E-state index in [1.54, 1.807) is 18.3 Å². The third-order valence-corrected chi connectivity index (χ3v) is 3.39. The minimum Gasteiger partial charge on any atom is -0.477 e. The highest BCUT2D eigenvalue weighted by Gasteiger charge is 2.14. The highest BCUT2D eigenvalue weighted by molar-refractivity contribution is 7.15. The largest absolute Gasteiger partial charge is 0.477 e. The average molecular weight is 262 g/mol. The highest BCUT2D eigenvalue weighted by atomic mass is 32.1. The van der Waals surface area contributed by atoms with E-state index in [0.717, 1.165) is 0 Å². The molecule has 4 nitrogen and oxygen atoms in total. The predicted molar refractivity (Wildman–Crippen MR) is 65.4 cm³/mol. The number of hydrogen-bond donors (Lipinski definition) is 1. The molecule has 3 aromatic rings. The maximum Gasteiger partial charge on any atom is 0.353 e. The van der Waals surface area contributed by atoms with Gasteiger partial charge in [-0.3, -0.25) is 4.40 Å². The van der Waals surface area contributed by atoms with Crippen molar-refractivity contribution in [1.29, 1.82) is 0 Å². The number of thiazole rings is 1. The van der Waals surface area contributed by atoms with Gasteiger partial charge in [-0.05, 0) is 12.1 Å². The molecule has 0 fully saturated rings. The van der Waals surface area contributed by atoms with Gasteiger partial charge in [0, 0.05) is 17.1 Å². The predicted octanol–water partition coefficient (Wildman–Crippen LogP) is 2.90. The summed E-state index contributed by atoms with van der Waals surface area (Å²) in [4.78, 5) is 15.8. The molecule has 0 aliphatic rings. The van der Waals surface area contributed by atoms with E-state index in [0.29, 0.717) is 16.2 Å². The number of aromatic nitrogens is 2. The van der Waals surface area contributed by atoms with E-state index >= 15 is 0 Å². The van der Waals surface area contributed by atoms with E-state index < -0.39 is 5.97 Å². The van der Waals surface area contributed by atoms with Gasteiger partial charge in [-0.25, -0.2) is 14.2 Å². The number of carboxylic acids is 1. The van der Waals surface area contributed by atoms with Crippen LogP contribution in [0.1, 0.15) is 10.5 Å². The van der Waals surface area contributed by atoms with Crippen LogP contribution in [0.15, 0.2) is 35.8 Å². The van der Waals surface area contributed by atoms with E-state index in [1.165, 1.54) is 33.3 Å². The zero-order valence-corrected chi connectivity index (χ0v) is 9.82. The van der Waals surface area contributed by atoms with E-state index in [-0.39, 0.29) is 11.5 Å². The summed E-state index contributed by atoms with van der Waals surface area (Å²) >= 11 is 1.24. The van der Waals surface area contributed by atoms with Crippen molar-refractivity contribution in [3.05, 3.63) is 47.4 Å². The van der Waals surface area contributed by atoms with Gasteiger partial charge in [0.25, 0.3) is 0 Å². The minimum absolute atomic E-state index is 0.158. The fraction of sp³-hybridized carbons (Fsp3) is 0. The zero-order valence-electron chi connectivity index (χ0n) is 9.00. The molecule has 0 amide bonds. The first kappa shape index (κ1) is 10.9. The number of rotatable bonds is 2. The smallest absolute Gasteiger partial charge is 0.353 e. The number of carbonyl (C=O) groups is 1. The summed E-state index contributed by atoms with van der Waals surface area (Å²) in [6.07, 6.45) is 1.60. The van der Waals surface area contributed by atoms with Crippen molar-refractivity contribution in [3.63, 3.8) is 0 Å². The third-order valence-electron chi connectivity index (χ3n) is 2.55. The molecule has 0 spiro atoms. The molecule has 1 N–H and O–H groups in total. The van der Waals surface area contributed by atoms with Crippen molar-refractivity contribution in [2.75, 3.05) is 0 Å². The molecule has 0 saturated heterocycles. The van der Waals surface area contributed by atoms with Gasteiger partial charge in [-0.15, -0.1) is 11.3 Å². The van der Waals surface area contributed by atoms with Gasteiger partial charge in [-0.1, -0.05) is 12.1 Å². The second kappa shape index (κ2) is 3.92. The van der Waals surface area contributed by atoms with Crippen LogP contribution in [-0.4, -0.2) is 20.5 Å². The third kappa shape index (κ3) is 1.67. The molecule has 0 saturated carbocycles. The van der Waals surface area contributed by atoms with Gasteiger partial charge in [-0.2, -0.15) is 0 Å². The molecule has 2 heterocycles. The van der Waals surface area contributed by atoms with Crippen LogP contribution >= 0.6 is 11.3 Å². The fourth-order valence-electron chi connectivity index (χ4n) is 1.72. The van der Waals surface area contributed by atoms with Crippen LogP contribution in [0.25, 0.3) is 16.2 Å². The maximum absolute atomic E-state index is 13.1. The number of benzene rings is 1. The first-order valence-corrected chi connectivity index (χ1v) is 5.99. The number of hydrogen-bond acceptors (Lipinski definition) is 3. The van der Waals surface area contributed by atoms with Gasteiger partial charge in [0.2, 0.25) is 0 Å². The van der Waals surface area contributed by atoms with E-state index in [1.807, 2.05) is 0 Å². The van der Waals surface area contributed by atoms with Crippen molar-refractivity contribution in [1.82, 2.24) is 9.38 Å². The molecule has 0 radical (unpaired) electrons.